The number of benzene rings is 1. The number of carbonyl (C=O) groups excluding carboxylic acids is 2. The molecule has 0 saturated carbocycles. The number of carboxylic acid groups (broad SMARTS) is 1. The Morgan fingerprint density at radius 3 is 2.65 bits per heavy atom. The molecule has 0 fully saturated rings. The Kier molecular flexibility index (Phi) is 2.63. The van der Waals surface area contributed by atoms with Gasteiger partial charge >= 0.3 is 5.97 Å². The van der Waals surface area contributed by atoms with Gasteiger partial charge in [0.15, 0.2) is 0 Å². The molecular formula is C11H8ClNO4. The van der Waals surface area contributed by atoms with Crippen LogP contribution in [0.1, 0.15) is 17.3 Å². The van der Waals surface area contributed by atoms with E-state index in [1.165, 1.54) is 25.1 Å². The molecule has 1 aliphatic rings. The molecule has 1 unspecified atom stereocenters. The first-order valence-corrected chi connectivity index (χ1v) is 5.21. The van der Waals surface area contributed by atoms with Crippen molar-refractivity contribution in [2.24, 2.45) is 0 Å². The molecule has 0 saturated heterocycles. The van der Waals surface area contributed by atoms with Crippen molar-refractivity contribution in [2.75, 3.05) is 4.90 Å². The van der Waals surface area contributed by atoms with Crippen LogP contribution in [0.3, 0.4) is 0 Å². The van der Waals surface area contributed by atoms with E-state index in [2.05, 4.69) is 0 Å². The quantitative estimate of drug-likeness (QED) is 0.807. The zero-order chi connectivity index (χ0) is 12.7. The average molecular weight is 254 g/mol. The number of carbonyl (C=O) groups is 3. The maximum Gasteiger partial charge on any atom is 0.326 e. The molecule has 1 heterocycles. The van der Waals surface area contributed by atoms with Crippen LogP contribution in [0.25, 0.3) is 0 Å². The van der Waals surface area contributed by atoms with E-state index in [0.29, 0.717) is 10.7 Å². The molecule has 6 heteroatoms. The van der Waals surface area contributed by atoms with Crippen molar-refractivity contribution in [3.8, 4) is 0 Å². The highest BCUT2D eigenvalue weighted by atomic mass is 35.5. The highest BCUT2D eigenvalue weighted by Crippen LogP contribution is 2.32. The Morgan fingerprint density at radius 1 is 1.41 bits per heavy atom. The van der Waals surface area contributed by atoms with E-state index in [1.54, 1.807) is 0 Å². The summed E-state index contributed by atoms with van der Waals surface area (Å²) in [4.78, 5) is 35.2. The third-order valence-electron chi connectivity index (χ3n) is 2.62. The van der Waals surface area contributed by atoms with Crippen molar-refractivity contribution < 1.29 is 19.5 Å². The van der Waals surface area contributed by atoms with Crippen LogP contribution in [-0.2, 0) is 9.59 Å². The van der Waals surface area contributed by atoms with Crippen molar-refractivity contribution in [1.82, 2.24) is 0 Å². The van der Waals surface area contributed by atoms with Gasteiger partial charge in [-0.25, -0.2) is 4.79 Å². The Balaban J connectivity index is 2.56. The molecule has 1 aromatic carbocycles. The third-order valence-corrected chi connectivity index (χ3v) is 2.86. The molecule has 1 aliphatic heterocycles. The van der Waals surface area contributed by atoms with E-state index < -0.39 is 23.7 Å². The van der Waals surface area contributed by atoms with E-state index in [0.717, 1.165) is 4.90 Å². The van der Waals surface area contributed by atoms with Gasteiger partial charge in [0.05, 0.1) is 11.3 Å². The summed E-state index contributed by atoms with van der Waals surface area (Å²) in [6.45, 7) is 1.34. The fourth-order valence-corrected chi connectivity index (χ4v) is 1.90. The molecule has 1 atom stereocenters. The second kappa shape index (κ2) is 3.85. The normalized spacial score (nSPS) is 16.0. The molecule has 1 amide bonds. The first-order valence-electron chi connectivity index (χ1n) is 4.83. The summed E-state index contributed by atoms with van der Waals surface area (Å²) in [6, 6.07) is 3.26. The number of ketones is 1. The zero-order valence-corrected chi connectivity index (χ0v) is 9.56. The lowest BCUT2D eigenvalue weighted by atomic mass is 10.1. The van der Waals surface area contributed by atoms with Crippen LogP contribution >= 0.6 is 11.6 Å². The van der Waals surface area contributed by atoms with E-state index in [1.807, 2.05) is 0 Å². The minimum absolute atomic E-state index is 0.149. The number of halogens is 1. The lowest BCUT2D eigenvalue weighted by Gasteiger charge is -2.20. The summed E-state index contributed by atoms with van der Waals surface area (Å²) in [7, 11) is 0. The van der Waals surface area contributed by atoms with Crippen LogP contribution in [0.2, 0.25) is 5.02 Å². The predicted octanol–water partition coefficient (Wildman–Crippen LogP) is 1.34. The van der Waals surface area contributed by atoms with Gasteiger partial charge in [0.1, 0.15) is 6.04 Å². The lowest BCUT2D eigenvalue weighted by Crippen LogP contribution is -2.42. The SMILES string of the molecule is CC(C(=O)O)N1C(=O)C(=O)c2cc(Cl)ccc21. The van der Waals surface area contributed by atoms with Crippen LogP contribution in [0.15, 0.2) is 18.2 Å². The van der Waals surface area contributed by atoms with Crippen molar-refractivity contribution in [1.29, 1.82) is 0 Å². The maximum absolute atomic E-state index is 11.7. The summed E-state index contributed by atoms with van der Waals surface area (Å²) < 4.78 is 0. The molecule has 0 spiro atoms. The number of hydrogen-bond donors (Lipinski definition) is 1. The zero-order valence-electron chi connectivity index (χ0n) is 8.81. The summed E-state index contributed by atoms with van der Waals surface area (Å²) >= 11 is 5.73. The number of fused-ring (bicyclic) bond motifs is 1. The number of anilines is 1. The lowest BCUT2D eigenvalue weighted by molar-refractivity contribution is -0.139. The Labute approximate surface area is 102 Å². The summed E-state index contributed by atoms with van der Waals surface area (Å²) in [5.41, 5.74) is 0.440. The fourth-order valence-electron chi connectivity index (χ4n) is 1.73. The van der Waals surface area contributed by atoms with E-state index >= 15 is 0 Å². The van der Waals surface area contributed by atoms with Gasteiger partial charge in [-0.05, 0) is 25.1 Å². The minimum atomic E-state index is -1.17. The number of nitrogens with zero attached hydrogens (tertiary/aromatic N) is 1. The third kappa shape index (κ3) is 1.68. The number of carboxylic acids is 1. The van der Waals surface area contributed by atoms with Gasteiger partial charge in [-0.1, -0.05) is 11.6 Å². The Bertz CT molecular complexity index is 540. The molecule has 0 radical (unpaired) electrons. The molecule has 2 rings (SSSR count). The molecule has 1 aromatic rings. The van der Waals surface area contributed by atoms with Crippen molar-refractivity contribution in [2.45, 2.75) is 13.0 Å². The summed E-state index contributed by atoms with van der Waals surface area (Å²) in [5.74, 6) is -2.73. The van der Waals surface area contributed by atoms with Crippen LogP contribution in [0, 0.1) is 0 Å². The second-order valence-electron chi connectivity index (χ2n) is 3.68. The largest absolute Gasteiger partial charge is 0.480 e. The summed E-state index contributed by atoms with van der Waals surface area (Å²) in [6.07, 6.45) is 0. The van der Waals surface area contributed by atoms with Gasteiger partial charge in [0.2, 0.25) is 0 Å². The van der Waals surface area contributed by atoms with Gasteiger partial charge in [0, 0.05) is 5.02 Å². The number of Topliss-reactive ketones (excluding diaryl/α,β-unsaturated/α-hetero) is 1. The Hall–Kier alpha value is -1.88. The van der Waals surface area contributed by atoms with Crippen molar-refractivity contribution in [3.63, 3.8) is 0 Å². The minimum Gasteiger partial charge on any atom is -0.480 e. The molecule has 5 nitrogen and oxygen atoms in total. The molecule has 1 N–H and O–H groups in total. The van der Waals surface area contributed by atoms with Gasteiger partial charge in [-0.3, -0.25) is 14.5 Å². The van der Waals surface area contributed by atoms with Gasteiger partial charge in [0.25, 0.3) is 11.7 Å². The first kappa shape index (κ1) is 11.6. The number of hydrogen-bond acceptors (Lipinski definition) is 3. The molecule has 17 heavy (non-hydrogen) atoms. The molecule has 0 bridgehead atoms. The maximum atomic E-state index is 11.7. The van der Waals surface area contributed by atoms with Gasteiger partial charge < -0.3 is 5.11 Å². The average Bonchev–Trinajstić information content (AvgIpc) is 2.51. The van der Waals surface area contributed by atoms with E-state index in [4.69, 9.17) is 16.7 Å². The van der Waals surface area contributed by atoms with Gasteiger partial charge in [-0.2, -0.15) is 0 Å². The molecule has 88 valence electrons. The molecule has 0 aliphatic carbocycles. The van der Waals surface area contributed by atoms with Crippen LogP contribution in [0.5, 0.6) is 0 Å². The highest BCUT2D eigenvalue weighted by molar-refractivity contribution is 6.53. The molecular weight excluding hydrogens is 246 g/mol. The Morgan fingerprint density at radius 2 is 2.06 bits per heavy atom. The van der Waals surface area contributed by atoms with Crippen LogP contribution in [0.4, 0.5) is 5.69 Å². The van der Waals surface area contributed by atoms with E-state index in [-0.39, 0.29) is 5.56 Å². The van der Waals surface area contributed by atoms with Gasteiger partial charge in [-0.15, -0.1) is 0 Å². The van der Waals surface area contributed by atoms with Crippen LogP contribution in [-0.4, -0.2) is 28.8 Å². The van der Waals surface area contributed by atoms with Crippen molar-refractivity contribution in [3.05, 3.63) is 28.8 Å². The highest BCUT2D eigenvalue weighted by Gasteiger charge is 2.40. The molecule has 0 aromatic heterocycles. The standard InChI is InChI=1S/C11H8ClNO4/c1-5(11(16)17)13-8-3-2-6(12)4-7(8)9(14)10(13)15/h2-5H,1H3,(H,16,17). The first-order chi connectivity index (χ1) is 7.93. The number of amides is 1. The topological polar surface area (TPSA) is 74.7 Å². The second-order valence-corrected chi connectivity index (χ2v) is 4.12. The summed E-state index contributed by atoms with van der Waals surface area (Å²) in [5, 5.41) is 9.22. The van der Waals surface area contributed by atoms with Crippen LogP contribution < -0.4 is 4.90 Å². The van der Waals surface area contributed by atoms with E-state index in [9.17, 15) is 14.4 Å². The monoisotopic (exact) mass is 253 g/mol. The van der Waals surface area contributed by atoms with Crippen molar-refractivity contribution >= 4 is 34.9 Å². The predicted molar refractivity (Wildman–Crippen MR) is 60.4 cm³/mol. The smallest absolute Gasteiger partial charge is 0.326 e. The number of rotatable bonds is 2. The number of aliphatic carboxylic acids is 1. The fraction of sp³-hybridized carbons (Fsp3) is 0.182.